The molecule has 1 aromatic heterocycles. The normalized spacial score (nSPS) is 11.2. The molecule has 2 N–H and O–H groups in total. The van der Waals surface area contributed by atoms with Crippen molar-refractivity contribution in [3.8, 4) is 0 Å². The van der Waals surface area contributed by atoms with Gasteiger partial charge < -0.3 is 5.73 Å². The van der Waals surface area contributed by atoms with Crippen LogP contribution in [0.5, 0.6) is 0 Å². The van der Waals surface area contributed by atoms with Gasteiger partial charge in [0.1, 0.15) is 0 Å². The summed E-state index contributed by atoms with van der Waals surface area (Å²) in [5, 5.41) is 4.22. The Hall–Kier alpha value is -1.09. The van der Waals surface area contributed by atoms with E-state index in [1.807, 2.05) is 10.9 Å². The third-order valence-electron chi connectivity index (χ3n) is 1.75. The second-order valence-corrected chi connectivity index (χ2v) is 3.02. The molecule has 13 heavy (non-hydrogen) atoms. The standard InChI is InChI=1S/C10H17N3/c1-2-7-13-9-10(8-12-13)5-3-4-6-11/h3,5,8-9H,2,4,6-7,11H2,1H3. The van der Waals surface area contributed by atoms with Crippen molar-refractivity contribution < 1.29 is 0 Å². The lowest BCUT2D eigenvalue weighted by Crippen LogP contribution is -1.95. The summed E-state index contributed by atoms with van der Waals surface area (Å²) in [5.41, 5.74) is 6.53. The fourth-order valence-corrected chi connectivity index (χ4v) is 1.13. The van der Waals surface area contributed by atoms with Crippen LogP contribution in [0.15, 0.2) is 18.5 Å². The fourth-order valence-electron chi connectivity index (χ4n) is 1.13. The minimum Gasteiger partial charge on any atom is -0.330 e. The Labute approximate surface area is 79.2 Å². The van der Waals surface area contributed by atoms with E-state index in [0.29, 0.717) is 6.54 Å². The largest absolute Gasteiger partial charge is 0.330 e. The molecule has 3 nitrogen and oxygen atoms in total. The second kappa shape index (κ2) is 5.54. The molecule has 0 aliphatic rings. The van der Waals surface area contributed by atoms with Crippen molar-refractivity contribution in [3.05, 3.63) is 24.0 Å². The first-order valence-electron chi connectivity index (χ1n) is 4.76. The van der Waals surface area contributed by atoms with E-state index in [9.17, 15) is 0 Å². The zero-order valence-electron chi connectivity index (χ0n) is 8.11. The molecular weight excluding hydrogens is 162 g/mol. The highest BCUT2D eigenvalue weighted by Gasteiger charge is 1.92. The Morgan fingerprint density at radius 1 is 1.62 bits per heavy atom. The predicted octanol–water partition coefficient (Wildman–Crippen LogP) is 1.66. The van der Waals surface area contributed by atoms with Gasteiger partial charge in [0, 0.05) is 18.3 Å². The van der Waals surface area contributed by atoms with Crippen LogP contribution in [0.3, 0.4) is 0 Å². The van der Waals surface area contributed by atoms with E-state index in [2.05, 4.69) is 30.4 Å². The lowest BCUT2D eigenvalue weighted by atomic mass is 10.3. The van der Waals surface area contributed by atoms with Crippen LogP contribution in [-0.2, 0) is 6.54 Å². The van der Waals surface area contributed by atoms with E-state index >= 15 is 0 Å². The number of hydrogen-bond acceptors (Lipinski definition) is 2. The third-order valence-corrected chi connectivity index (χ3v) is 1.75. The van der Waals surface area contributed by atoms with E-state index in [0.717, 1.165) is 24.9 Å². The Balaban J connectivity index is 2.48. The van der Waals surface area contributed by atoms with E-state index in [4.69, 9.17) is 5.73 Å². The summed E-state index contributed by atoms with van der Waals surface area (Å²) < 4.78 is 1.96. The number of aryl methyl sites for hydroxylation is 1. The molecule has 0 aliphatic carbocycles. The Kier molecular flexibility index (Phi) is 4.26. The molecule has 0 fully saturated rings. The first kappa shape index (κ1) is 9.99. The molecule has 0 amide bonds. The van der Waals surface area contributed by atoms with Crippen LogP contribution >= 0.6 is 0 Å². The minimum atomic E-state index is 0.708. The van der Waals surface area contributed by atoms with Crippen LogP contribution in [0.4, 0.5) is 0 Å². The molecule has 0 aromatic carbocycles. The van der Waals surface area contributed by atoms with Gasteiger partial charge >= 0.3 is 0 Å². The van der Waals surface area contributed by atoms with E-state index in [-0.39, 0.29) is 0 Å². The van der Waals surface area contributed by atoms with E-state index in [1.165, 1.54) is 0 Å². The molecular formula is C10H17N3. The molecule has 0 atom stereocenters. The monoisotopic (exact) mass is 179 g/mol. The summed E-state index contributed by atoms with van der Waals surface area (Å²) in [6, 6.07) is 0. The summed E-state index contributed by atoms with van der Waals surface area (Å²) in [6.45, 7) is 3.84. The minimum absolute atomic E-state index is 0.708. The van der Waals surface area contributed by atoms with Crippen LogP contribution < -0.4 is 5.73 Å². The van der Waals surface area contributed by atoms with Gasteiger partial charge in [-0.25, -0.2) is 0 Å². The molecule has 0 unspecified atom stereocenters. The van der Waals surface area contributed by atoms with Crippen LogP contribution in [0.25, 0.3) is 6.08 Å². The zero-order chi connectivity index (χ0) is 9.52. The SMILES string of the molecule is CCCn1cc(C=CCCN)cn1. The summed E-state index contributed by atoms with van der Waals surface area (Å²) in [6.07, 6.45) is 10.1. The maximum absolute atomic E-state index is 5.37. The smallest absolute Gasteiger partial charge is 0.0562 e. The molecule has 0 saturated carbocycles. The van der Waals surface area contributed by atoms with Gasteiger partial charge in [-0.1, -0.05) is 19.1 Å². The van der Waals surface area contributed by atoms with Gasteiger partial charge in [0.25, 0.3) is 0 Å². The van der Waals surface area contributed by atoms with Gasteiger partial charge in [0.2, 0.25) is 0 Å². The maximum atomic E-state index is 5.37. The van der Waals surface area contributed by atoms with Gasteiger partial charge in [0.15, 0.2) is 0 Å². The van der Waals surface area contributed by atoms with E-state index in [1.54, 1.807) is 0 Å². The highest BCUT2D eigenvalue weighted by molar-refractivity contribution is 5.46. The van der Waals surface area contributed by atoms with Crippen LogP contribution in [-0.4, -0.2) is 16.3 Å². The lowest BCUT2D eigenvalue weighted by Gasteiger charge is -1.93. The van der Waals surface area contributed by atoms with Gasteiger partial charge in [-0.15, -0.1) is 0 Å². The van der Waals surface area contributed by atoms with Crippen LogP contribution in [0, 0.1) is 0 Å². The highest BCUT2D eigenvalue weighted by Crippen LogP contribution is 2.01. The van der Waals surface area contributed by atoms with Gasteiger partial charge in [-0.05, 0) is 19.4 Å². The Morgan fingerprint density at radius 3 is 3.15 bits per heavy atom. The fraction of sp³-hybridized carbons (Fsp3) is 0.500. The molecule has 0 radical (unpaired) electrons. The van der Waals surface area contributed by atoms with Gasteiger partial charge in [-0.2, -0.15) is 5.10 Å². The molecule has 0 bridgehead atoms. The Morgan fingerprint density at radius 2 is 2.46 bits per heavy atom. The van der Waals surface area contributed by atoms with Crippen LogP contribution in [0.2, 0.25) is 0 Å². The van der Waals surface area contributed by atoms with E-state index < -0.39 is 0 Å². The molecule has 0 saturated heterocycles. The lowest BCUT2D eigenvalue weighted by molar-refractivity contribution is 0.602. The second-order valence-electron chi connectivity index (χ2n) is 3.02. The van der Waals surface area contributed by atoms with Crippen LogP contribution in [0.1, 0.15) is 25.3 Å². The third kappa shape index (κ3) is 3.42. The zero-order valence-corrected chi connectivity index (χ0v) is 8.11. The molecule has 0 aliphatic heterocycles. The molecule has 1 aromatic rings. The first-order valence-corrected chi connectivity index (χ1v) is 4.76. The number of aromatic nitrogens is 2. The molecule has 3 heteroatoms. The van der Waals surface area contributed by atoms with Gasteiger partial charge in [0.05, 0.1) is 6.20 Å². The molecule has 72 valence electrons. The Bertz CT molecular complexity index is 263. The predicted molar refractivity (Wildman–Crippen MR) is 55.2 cm³/mol. The molecule has 1 heterocycles. The van der Waals surface area contributed by atoms with Crippen molar-refractivity contribution in [2.24, 2.45) is 5.73 Å². The quantitative estimate of drug-likeness (QED) is 0.747. The summed E-state index contributed by atoms with van der Waals surface area (Å²) in [5.74, 6) is 0. The van der Waals surface area contributed by atoms with Gasteiger partial charge in [-0.3, -0.25) is 4.68 Å². The topological polar surface area (TPSA) is 43.8 Å². The number of hydrogen-bond donors (Lipinski definition) is 1. The molecule has 0 spiro atoms. The average molecular weight is 179 g/mol. The number of nitrogens with two attached hydrogens (primary N) is 1. The first-order chi connectivity index (χ1) is 6.36. The summed E-state index contributed by atoms with van der Waals surface area (Å²) in [4.78, 5) is 0. The summed E-state index contributed by atoms with van der Waals surface area (Å²) in [7, 11) is 0. The van der Waals surface area contributed by atoms with Crippen molar-refractivity contribution in [1.82, 2.24) is 9.78 Å². The molecule has 1 rings (SSSR count). The van der Waals surface area contributed by atoms with Crippen molar-refractivity contribution in [1.29, 1.82) is 0 Å². The van der Waals surface area contributed by atoms with Crippen molar-refractivity contribution in [2.45, 2.75) is 26.3 Å². The van der Waals surface area contributed by atoms with Crippen molar-refractivity contribution in [3.63, 3.8) is 0 Å². The maximum Gasteiger partial charge on any atom is 0.0562 e. The number of rotatable bonds is 5. The average Bonchev–Trinajstić information content (AvgIpc) is 2.54. The summed E-state index contributed by atoms with van der Waals surface area (Å²) >= 11 is 0. The highest BCUT2D eigenvalue weighted by atomic mass is 15.3. The number of nitrogens with zero attached hydrogens (tertiary/aromatic N) is 2. The van der Waals surface area contributed by atoms with Crippen molar-refractivity contribution in [2.75, 3.05) is 6.54 Å². The van der Waals surface area contributed by atoms with Crippen molar-refractivity contribution >= 4 is 6.08 Å².